The van der Waals surface area contributed by atoms with E-state index in [4.69, 9.17) is 0 Å². The summed E-state index contributed by atoms with van der Waals surface area (Å²) >= 11 is 0. The van der Waals surface area contributed by atoms with E-state index in [1.54, 1.807) is 17.0 Å². The van der Waals surface area contributed by atoms with E-state index in [9.17, 15) is 18.0 Å². The monoisotopic (exact) mass is 591 g/mol. The van der Waals surface area contributed by atoms with E-state index in [0.29, 0.717) is 25.1 Å². The number of carbonyl (C=O) groups excluding carboxylic acids is 2. The number of carbonyl (C=O) groups is 2. The highest BCUT2D eigenvalue weighted by Crippen LogP contribution is 2.21. The number of hydrogen-bond donors (Lipinski definition) is 1. The second-order valence-electron chi connectivity index (χ2n) is 11.3. The third-order valence-corrected chi connectivity index (χ3v) is 8.37. The summed E-state index contributed by atoms with van der Waals surface area (Å²) in [5.74, 6) is -0.116. The maximum Gasteiger partial charge on any atom is 0.243 e. The lowest BCUT2D eigenvalue weighted by atomic mass is 10.0. The van der Waals surface area contributed by atoms with Crippen LogP contribution < -0.4 is 9.62 Å². The van der Waals surface area contributed by atoms with Gasteiger partial charge >= 0.3 is 0 Å². The van der Waals surface area contributed by atoms with E-state index in [2.05, 4.69) is 5.32 Å². The SMILES string of the molecule is CCc1ccc(N(CCCC(=O)N(Cc2cccc(C)c2)[C@H](Cc2ccccc2)C(=O)NCC(C)C)S(C)(=O)=O)cc1. The van der Waals surface area contributed by atoms with Crippen molar-refractivity contribution >= 4 is 27.5 Å². The van der Waals surface area contributed by atoms with Gasteiger partial charge in [-0.2, -0.15) is 0 Å². The zero-order chi connectivity index (χ0) is 30.7. The van der Waals surface area contributed by atoms with Crippen molar-refractivity contribution in [2.24, 2.45) is 5.92 Å². The highest BCUT2D eigenvalue weighted by molar-refractivity contribution is 7.92. The molecule has 0 saturated carbocycles. The van der Waals surface area contributed by atoms with Crippen LogP contribution in [0.4, 0.5) is 5.69 Å². The quantitative estimate of drug-likeness (QED) is 0.252. The number of rotatable bonds is 15. The maximum atomic E-state index is 13.9. The molecule has 0 fully saturated rings. The van der Waals surface area contributed by atoms with Gasteiger partial charge in [-0.05, 0) is 54.5 Å². The van der Waals surface area contributed by atoms with Crippen molar-refractivity contribution in [3.63, 3.8) is 0 Å². The zero-order valence-electron chi connectivity index (χ0n) is 25.5. The number of nitrogens with one attached hydrogen (secondary N) is 1. The van der Waals surface area contributed by atoms with Crippen LogP contribution in [0.15, 0.2) is 78.9 Å². The molecule has 0 spiro atoms. The molecule has 0 saturated heterocycles. The summed E-state index contributed by atoms with van der Waals surface area (Å²) in [5.41, 5.74) is 4.67. The second-order valence-corrected chi connectivity index (χ2v) is 13.2. The second kappa shape index (κ2) is 15.5. The van der Waals surface area contributed by atoms with Crippen LogP contribution in [0.5, 0.6) is 0 Å². The highest BCUT2D eigenvalue weighted by atomic mass is 32.2. The molecule has 7 nitrogen and oxygen atoms in total. The van der Waals surface area contributed by atoms with Crippen LogP contribution in [0.25, 0.3) is 0 Å². The molecule has 3 aromatic rings. The Kier molecular flexibility index (Phi) is 12.2. The normalized spacial score (nSPS) is 12.1. The molecule has 0 unspecified atom stereocenters. The van der Waals surface area contributed by atoms with Crippen LogP contribution in [-0.2, 0) is 39.0 Å². The zero-order valence-corrected chi connectivity index (χ0v) is 26.4. The van der Waals surface area contributed by atoms with Gasteiger partial charge in [-0.15, -0.1) is 0 Å². The minimum atomic E-state index is -3.55. The third-order valence-electron chi connectivity index (χ3n) is 7.18. The molecule has 0 aromatic heterocycles. The fourth-order valence-electron chi connectivity index (χ4n) is 4.89. The fraction of sp³-hybridized carbons (Fsp3) is 0.412. The van der Waals surface area contributed by atoms with Crippen molar-refractivity contribution in [2.75, 3.05) is 23.7 Å². The van der Waals surface area contributed by atoms with E-state index in [1.165, 1.54) is 10.6 Å². The van der Waals surface area contributed by atoms with Crippen LogP contribution in [0.2, 0.25) is 0 Å². The van der Waals surface area contributed by atoms with Crippen LogP contribution in [0.1, 0.15) is 55.9 Å². The molecule has 3 rings (SSSR count). The van der Waals surface area contributed by atoms with Gasteiger partial charge in [-0.3, -0.25) is 13.9 Å². The minimum Gasteiger partial charge on any atom is -0.354 e. The first kappa shape index (κ1) is 32.9. The Labute approximate surface area is 252 Å². The van der Waals surface area contributed by atoms with Crippen molar-refractivity contribution in [1.82, 2.24) is 10.2 Å². The van der Waals surface area contributed by atoms with E-state index >= 15 is 0 Å². The molecule has 226 valence electrons. The van der Waals surface area contributed by atoms with Gasteiger partial charge in [0.25, 0.3) is 0 Å². The van der Waals surface area contributed by atoms with Gasteiger partial charge in [0.05, 0.1) is 11.9 Å². The number of aryl methyl sites for hydroxylation is 2. The number of nitrogens with zero attached hydrogens (tertiary/aromatic N) is 2. The summed E-state index contributed by atoms with van der Waals surface area (Å²) in [5, 5.41) is 3.04. The predicted molar refractivity (Wildman–Crippen MR) is 171 cm³/mol. The van der Waals surface area contributed by atoms with Gasteiger partial charge in [0, 0.05) is 32.5 Å². The van der Waals surface area contributed by atoms with Crippen molar-refractivity contribution in [2.45, 2.75) is 66.0 Å². The number of benzene rings is 3. The van der Waals surface area contributed by atoms with E-state index in [-0.39, 0.29) is 37.2 Å². The van der Waals surface area contributed by atoms with Gasteiger partial charge < -0.3 is 10.2 Å². The fourth-order valence-corrected chi connectivity index (χ4v) is 5.85. The summed E-state index contributed by atoms with van der Waals surface area (Å²) in [6.07, 6.45) is 2.84. The number of hydrogen-bond acceptors (Lipinski definition) is 4. The molecule has 0 radical (unpaired) electrons. The first-order chi connectivity index (χ1) is 20.0. The Bertz CT molecular complexity index is 1410. The van der Waals surface area contributed by atoms with Gasteiger partial charge in [0.1, 0.15) is 6.04 Å². The Morgan fingerprint density at radius 2 is 1.55 bits per heavy atom. The van der Waals surface area contributed by atoms with Crippen LogP contribution in [0, 0.1) is 12.8 Å². The molecule has 0 heterocycles. The number of anilines is 1. The molecule has 0 aliphatic carbocycles. The van der Waals surface area contributed by atoms with E-state index in [1.807, 2.05) is 94.4 Å². The molecule has 1 atom stereocenters. The predicted octanol–water partition coefficient (Wildman–Crippen LogP) is 5.52. The van der Waals surface area contributed by atoms with Crippen LogP contribution in [0.3, 0.4) is 0 Å². The average molecular weight is 592 g/mol. The van der Waals surface area contributed by atoms with Gasteiger partial charge in [0.15, 0.2) is 0 Å². The maximum absolute atomic E-state index is 13.9. The van der Waals surface area contributed by atoms with Crippen molar-refractivity contribution in [1.29, 1.82) is 0 Å². The van der Waals surface area contributed by atoms with Crippen molar-refractivity contribution < 1.29 is 18.0 Å². The van der Waals surface area contributed by atoms with Crippen LogP contribution in [-0.4, -0.2) is 50.5 Å². The van der Waals surface area contributed by atoms with E-state index < -0.39 is 16.1 Å². The average Bonchev–Trinajstić information content (AvgIpc) is 2.95. The Morgan fingerprint density at radius 3 is 2.14 bits per heavy atom. The molecule has 0 aliphatic heterocycles. The molecule has 2 amide bonds. The Hall–Kier alpha value is -3.65. The van der Waals surface area contributed by atoms with Gasteiger partial charge in [-0.1, -0.05) is 93.1 Å². The molecule has 42 heavy (non-hydrogen) atoms. The first-order valence-corrected chi connectivity index (χ1v) is 16.6. The van der Waals surface area contributed by atoms with E-state index in [0.717, 1.165) is 28.7 Å². The minimum absolute atomic E-state index is 0.105. The van der Waals surface area contributed by atoms with Gasteiger partial charge in [-0.25, -0.2) is 8.42 Å². The summed E-state index contributed by atoms with van der Waals surface area (Å²) in [4.78, 5) is 29.2. The molecule has 0 aliphatic rings. The number of amides is 2. The lowest BCUT2D eigenvalue weighted by Gasteiger charge is -2.32. The molecule has 8 heteroatoms. The van der Waals surface area contributed by atoms with Crippen molar-refractivity contribution in [3.8, 4) is 0 Å². The summed E-state index contributed by atoms with van der Waals surface area (Å²) < 4.78 is 26.7. The lowest BCUT2D eigenvalue weighted by molar-refractivity contribution is -0.141. The Morgan fingerprint density at radius 1 is 0.881 bits per heavy atom. The molecule has 3 aromatic carbocycles. The number of sulfonamides is 1. The first-order valence-electron chi connectivity index (χ1n) is 14.7. The smallest absolute Gasteiger partial charge is 0.243 e. The topological polar surface area (TPSA) is 86.8 Å². The largest absolute Gasteiger partial charge is 0.354 e. The standard InChI is InChI=1S/C34H45N3O4S/c1-6-28-17-19-31(20-18-28)37(42(5,40)41)21-11-16-33(38)36(25-30-15-10-12-27(4)22-30)32(34(39)35-24-26(2)3)23-29-13-8-7-9-14-29/h7-10,12-15,17-20,22,26,32H,6,11,16,21,23-25H2,1-5H3,(H,35,39)/t32-/m1/s1. The summed E-state index contributed by atoms with van der Waals surface area (Å²) in [7, 11) is -3.55. The molecule has 0 bridgehead atoms. The summed E-state index contributed by atoms with van der Waals surface area (Å²) in [6, 6.07) is 24.4. The molecular weight excluding hydrogens is 546 g/mol. The van der Waals surface area contributed by atoms with Crippen molar-refractivity contribution in [3.05, 3.63) is 101 Å². The molecule has 1 N–H and O–H groups in total. The summed E-state index contributed by atoms with van der Waals surface area (Å²) in [6.45, 7) is 9.07. The Balaban J connectivity index is 1.87. The van der Waals surface area contributed by atoms with Gasteiger partial charge in [0.2, 0.25) is 21.8 Å². The third kappa shape index (κ3) is 10.0. The molecular formula is C34H45N3O4S. The highest BCUT2D eigenvalue weighted by Gasteiger charge is 2.30. The lowest BCUT2D eigenvalue weighted by Crippen LogP contribution is -2.51. The van der Waals surface area contributed by atoms with Crippen LogP contribution >= 0.6 is 0 Å².